The van der Waals surface area contributed by atoms with Gasteiger partial charge in [0.1, 0.15) is 16.5 Å². The number of nitrogens with zero attached hydrogens (tertiary/aromatic N) is 4. The van der Waals surface area contributed by atoms with E-state index < -0.39 is 0 Å². The molecule has 2 aliphatic carbocycles. The molecule has 6 heteroatoms. The van der Waals surface area contributed by atoms with Crippen molar-refractivity contribution in [1.29, 1.82) is 0 Å². The fraction of sp³-hybridized carbons (Fsp3) is 0.696. The van der Waals surface area contributed by atoms with Crippen molar-refractivity contribution in [2.24, 2.45) is 11.8 Å². The van der Waals surface area contributed by atoms with Crippen LogP contribution in [0, 0.1) is 11.8 Å². The van der Waals surface area contributed by atoms with Crippen LogP contribution >= 0.6 is 11.3 Å². The van der Waals surface area contributed by atoms with Crippen molar-refractivity contribution in [2.75, 3.05) is 31.1 Å². The zero-order chi connectivity index (χ0) is 20.1. The fourth-order valence-corrected chi connectivity index (χ4v) is 6.08. The molecule has 0 aromatic carbocycles. The summed E-state index contributed by atoms with van der Waals surface area (Å²) in [7, 11) is 0. The third-order valence-electron chi connectivity index (χ3n) is 7.02. The lowest BCUT2D eigenvalue weighted by Crippen LogP contribution is -2.49. The van der Waals surface area contributed by atoms with Gasteiger partial charge in [-0.3, -0.25) is 4.79 Å². The highest BCUT2D eigenvalue weighted by atomic mass is 32.1. The summed E-state index contributed by atoms with van der Waals surface area (Å²) >= 11 is 1.90. The molecule has 1 amide bonds. The Bertz CT molecular complexity index is 927. The number of rotatable bonds is 4. The van der Waals surface area contributed by atoms with Crippen molar-refractivity contribution in [2.45, 2.75) is 65.2 Å². The standard InChI is InChI=1S/C23H32N4OS/c1-4-15(3)20-24-21(26-9-11-27(12-10-26)23(28)16-6-7-16)19-17-8-5-14(2)13-18(17)29-22(19)25-20/h14-16H,4-13H2,1-3H3/t14-,15+/m0/s1. The third-order valence-corrected chi connectivity index (χ3v) is 8.17. The van der Waals surface area contributed by atoms with Crippen LogP contribution < -0.4 is 4.90 Å². The molecule has 29 heavy (non-hydrogen) atoms. The molecular formula is C23H32N4OS. The van der Waals surface area contributed by atoms with E-state index in [1.165, 1.54) is 33.5 Å². The summed E-state index contributed by atoms with van der Waals surface area (Å²) in [6.45, 7) is 10.2. The first-order valence-corrected chi connectivity index (χ1v) is 12.2. The number of aromatic nitrogens is 2. The highest BCUT2D eigenvalue weighted by Gasteiger charge is 2.35. The van der Waals surface area contributed by atoms with Crippen molar-refractivity contribution in [3.8, 4) is 0 Å². The Morgan fingerprint density at radius 3 is 2.62 bits per heavy atom. The SMILES string of the molecule is CC[C@@H](C)c1nc(N2CCN(C(=O)C3CC3)CC2)c2c3c(sc2n1)C[C@@H](C)CC3. The molecule has 2 aromatic heterocycles. The number of hydrogen-bond acceptors (Lipinski definition) is 5. The van der Waals surface area contributed by atoms with E-state index in [0.29, 0.717) is 17.7 Å². The number of carbonyl (C=O) groups excluding carboxylic acids is 1. The average molecular weight is 413 g/mol. The van der Waals surface area contributed by atoms with Gasteiger partial charge in [-0.1, -0.05) is 20.8 Å². The van der Waals surface area contributed by atoms with Crippen molar-refractivity contribution >= 4 is 33.3 Å². The number of fused-ring (bicyclic) bond motifs is 3. The molecule has 5 nitrogen and oxygen atoms in total. The number of hydrogen-bond donors (Lipinski definition) is 0. The Morgan fingerprint density at radius 2 is 1.93 bits per heavy atom. The van der Waals surface area contributed by atoms with E-state index in [-0.39, 0.29) is 0 Å². The van der Waals surface area contributed by atoms with Gasteiger partial charge in [0, 0.05) is 42.9 Å². The van der Waals surface area contributed by atoms with E-state index in [9.17, 15) is 4.79 Å². The monoisotopic (exact) mass is 412 g/mol. The molecule has 1 saturated carbocycles. The van der Waals surface area contributed by atoms with E-state index in [1.807, 2.05) is 11.3 Å². The Hall–Kier alpha value is -1.69. The van der Waals surface area contributed by atoms with E-state index in [4.69, 9.17) is 9.97 Å². The summed E-state index contributed by atoms with van der Waals surface area (Å²) < 4.78 is 0. The Kier molecular flexibility index (Phi) is 5.01. The zero-order valence-electron chi connectivity index (χ0n) is 17.9. The number of thiophene rings is 1. The average Bonchev–Trinajstić information content (AvgIpc) is 3.52. The van der Waals surface area contributed by atoms with Gasteiger partial charge >= 0.3 is 0 Å². The highest BCUT2D eigenvalue weighted by molar-refractivity contribution is 7.19. The topological polar surface area (TPSA) is 49.3 Å². The van der Waals surface area contributed by atoms with Gasteiger partial charge in [-0.25, -0.2) is 9.97 Å². The maximum absolute atomic E-state index is 12.5. The molecule has 0 radical (unpaired) electrons. The van der Waals surface area contributed by atoms with Gasteiger partial charge in [0.25, 0.3) is 0 Å². The number of carbonyl (C=O) groups is 1. The summed E-state index contributed by atoms with van der Waals surface area (Å²) in [4.78, 5) is 29.8. The molecule has 0 bridgehead atoms. The second kappa shape index (κ2) is 7.53. The first-order chi connectivity index (χ1) is 14.0. The number of aryl methyl sites for hydroxylation is 1. The molecule has 2 fully saturated rings. The Labute approximate surface area is 177 Å². The maximum atomic E-state index is 12.5. The second-order valence-electron chi connectivity index (χ2n) is 9.33. The maximum Gasteiger partial charge on any atom is 0.225 e. The quantitative estimate of drug-likeness (QED) is 0.747. The van der Waals surface area contributed by atoms with Crippen LogP contribution in [0.2, 0.25) is 0 Å². The van der Waals surface area contributed by atoms with Crippen molar-refractivity contribution in [1.82, 2.24) is 14.9 Å². The van der Waals surface area contributed by atoms with Gasteiger partial charge in [0.15, 0.2) is 0 Å². The van der Waals surface area contributed by atoms with E-state index in [1.54, 1.807) is 0 Å². The largest absolute Gasteiger partial charge is 0.352 e. The highest BCUT2D eigenvalue weighted by Crippen LogP contribution is 2.42. The molecule has 2 atom stereocenters. The molecule has 3 heterocycles. The first kappa shape index (κ1) is 19.3. The lowest BCUT2D eigenvalue weighted by Gasteiger charge is -2.36. The van der Waals surface area contributed by atoms with Crippen molar-refractivity contribution in [3.05, 3.63) is 16.3 Å². The van der Waals surface area contributed by atoms with Gasteiger partial charge in [-0.15, -0.1) is 11.3 Å². The van der Waals surface area contributed by atoms with Crippen molar-refractivity contribution < 1.29 is 4.79 Å². The van der Waals surface area contributed by atoms with Crippen LogP contribution in [0.5, 0.6) is 0 Å². The van der Waals surface area contributed by atoms with Crippen LogP contribution in [0.4, 0.5) is 5.82 Å². The van der Waals surface area contributed by atoms with Gasteiger partial charge in [-0.05, 0) is 50.0 Å². The summed E-state index contributed by atoms with van der Waals surface area (Å²) in [6.07, 6.45) is 6.81. The van der Waals surface area contributed by atoms with E-state index in [2.05, 4.69) is 30.6 Å². The molecule has 0 spiro atoms. The van der Waals surface area contributed by atoms with Gasteiger partial charge in [0.2, 0.25) is 5.91 Å². The molecular weight excluding hydrogens is 380 g/mol. The first-order valence-electron chi connectivity index (χ1n) is 11.4. The third kappa shape index (κ3) is 3.54. The summed E-state index contributed by atoms with van der Waals surface area (Å²) in [5.74, 6) is 3.94. The smallest absolute Gasteiger partial charge is 0.225 e. The minimum Gasteiger partial charge on any atom is -0.352 e. The normalized spacial score (nSPS) is 23.3. The molecule has 3 aliphatic rings. The van der Waals surface area contributed by atoms with Crippen LogP contribution in [0.1, 0.15) is 68.6 Å². The molecule has 5 rings (SSSR count). The lowest BCUT2D eigenvalue weighted by atomic mass is 9.89. The number of anilines is 1. The summed E-state index contributed by atoms with van der Waals surface area (Å²) in [5, 5.41) is 1.31. The number of piperazine rings is 1. The van der Waals surface area contributed by atoms with Crippen LogP contribution in [-0.4, -0.2) is 47.0 Å². The molecule has 1 saturated heterocycles. The van der Waals surface area contributed by atoms with Gasteiger partial charge < -0.3 is 9.80 Å². The molecule has 0 unspecified atom stereocenters. The van der Waals surface area contributed by atoms with Crippen LogP contribution in [0.3, 0.4) is 0 Å². The predicted octanol–water partition coefficient (Wildman–Crippen LogP) is 4.39. The van der Waals surface area contributed by atoms with Crippen LogP contribution in [0.25, 0.3) is 10.2 Å². The molecule has 156 valence electrons. The molecule has 1 aliphatic heterocycles. The second-order valence-corrected chi connectivity index (χ2v) is 10.4. The van der Waals surface area contributed by atoms with E-state index in [0.717, 1.165) is 69.4 Å². The Morgan fingerprint density at radius 1 is 1.17 bits per heavy atom. The predicted molar refractivity (Wildman–Crippen MR) is 119 cm³/mol. The van der Waals surface area contributed by atoms with Crippen molar-refractivity contribution in [3.63, 3.8) is 0 Å². The minimum atomic E-state index is 0.315. The lowest BCUT2D eigenvalue weighted by molar-refractivity contribution is -0.132. The Balaban J connectivity index is 1.50. The minimum absolute atomic E-state index is 0.315. The van der Waals surface area contributed by atoms with Gasteiger partial charge in [0.05, 0.1) is 5.39 Å². The fourth-order valence-electron chi connectivity index (χ4n) is 4.70. The summed E-state index contributed by atoms with van der Waals surface area (Å²) in [5.41, 5.74) is 1.50. The summed E-state index contributed by atoms with van der Waals surface area (Å²) in [6, 6.07) is 0. The molecule has 2 aromatic rings. The van der Waals surface area contributed by atoms with Gasteiger partial charge in [-0.2, -0.15) is 0 Å². The molecule has 0 N–H and O–H groups in total. The van der Waals surface area contributed by atoms with Crippen LogP contribution in [0.15, 0.2) is 0 Å². The number of amides is 1. The van der Waals surface area contributed by atoms with Crippen LogP contribution in [-0.2, 0) is 17.6 Å². The van der Waals surface area contributed by atoms with E-state index >= 15 is 0 Å². The zero-order valence-corrected chi connectivity index (χ0v) is 18.7.